The maximum atomic E-state index is 15.8. The molecule has 1 aliphatic carbocycles. The highest BCUT2D eigenvalue weighted by Gasteiger charge is 2.36. The summed E-state index contributed by atoms with van der Waals surface area (Å²) in [6, 6.07) is 15.8. The maximum Gasteiger partial charge on any atom is 0.139 e. The van der Waals surface area contributed by atoms with E-state index >= 15 is 4.39 Å². The van der Waals surface area contributed by atoms with Crippen LogP contribution >= 0.6 is 0 Å². The van der Waals surface area contributed by atoms with E-state index < -0.39 is 5.67 Å². The first-order chi connectivity index (χ1) is 18.4. The molecular weight excluding hydrogens is 473 g/mol. The molecule has 1 N–H and O–H groups in total. The predicted octanol–water partition coefficient (Wildman–Crippen LogP) is 6.09. The molecule has 6 heteroatoms. The van der Waals surface area contributed by atoms with Crippen LogP contribution in [0.25, 0.3) is 5.70 Å². The summed E-state index contributed by atoms with van der Waals surface area (Å²) in [5, 5.41) is 12.7. The molecule has 1 saturated heterocycles. The fourth-order valence-electron chi connectivity index (χ4n) is 5.92. The third-order valence-corrected chi connectivity index (χ3v) is 8.68. The van der Waals surface area contributed by atoms with Crippen molar-refractivity contribution in [1.29, 1.82) is 5.26 Å². The van der Waals surface area contributed by atoms with Crippen molar-refractivity contribution in [2.75, 3.05) is 33.2 Å². The van der Waals surface area contributed by atoms with E-state index in [1.807, 2.05) is 0 Å². The molecule has 38 heavy (non-hydrogen) atoms. The minimum atomic E-state index is -1.37. The van der Waals surface area contributed by atoms with Crippen molar-refractivity contribution >= 4 is 12.4 Å². The molecule has 0 bridgehead atoms. The van der Waals surface area contributed by atoms with Crippen LogP contribution in [0.1, 0.15) is 72.3 Å². The third-order valence-electron chi connectivity index (χ3n) is 8.68. The Morgan fingerprint density at radius 3 is 2.53 bits per heavy atom. The molecule has 2 aliphatic heterocycles. The van der Waals surface area contributed by atoms with Gasteiger partial charge in [-0.2, -0.15) is 5.26 Å². The lowest BCUT2D eigenvalue weighted by Crippen LogP contribution is -2.39. The van der Waals surface area contributed by atoms with Crippen molar-refractivity contribution in [3.63, 3.8) is 0 Å². The van der Waals surface area contributed by atoms with Gasteiger partial charge in [0.25, 0.3) is 0 Å². The fourth-order valence-corrected chi connectivity index (χ4v) is 5.92. The zero-order valence-corrected chi connectivity index (χ0v) is 22.5. The van der Waals surface area contributed by atoms with Gasteiger partial charge in [0.15, 0.2) is 0 Å². The highest BCUT2D eigenvalue weighted by Crippen LogP contribution is 2.41. The monoisotopic (exact) mass is 511 g/mol. The average Bonchev–Trinajstić information content (AvgIpc) is 2.91. The van der Waals surface area contributed by atoms with Crippen LogP contribution in [0, 0.1) is 11.3 Å². The first-order valence-electron chi connectivity index (χ1n) is 13.8. The summed E-state index contributed by atoms with van der Waals surface area (Å²) < 4.78 is 15.8. The number of piperidine rings is 1. The van der Waals surface area contributed by atoms with Gasteiger partial charge < -0.3 is 15.1 Å². The number of likely N-dealkylation sites (N-methyl/N-ethyl adjacent to an activating group) is 1. The number of aliphatic imine (C=N–C) groups is 1. The van der Waals surface area contributed by atoms with Crippen molar-refractivity contribution in [2.24, 2.45) is 4.99 Å². The summed E-state index contributed by atoms with van der Waals surface area (Å²) in [6.45, 7) is 12.1. The first kappa shape index (κ1) is 26.2. The molecule has 0 amide bonds. The molecule has 5 nitrogen and oxygen atoms in total. The Morgan fingerprint density at radius 1 is 1.16 bits per heavy atom. The number of benzene rings is 2. The second-order valence-corrected chi connectivity index (χ2v) is 11.1. The molecule has 0 atom stereocenters. The van der Waals surface area contributed by atoms with Crippen molar-refractivity contribution in [3.05, 3.63) is 88.3 Å². The Kier molecular flexibility index (Phi) is 7.67. The smallest absolute Gasteiger partial charge is 0.139 e. The maximum absolute atomic E-state index is 15.8. The lowest BCUT2D eigenvalue weighted by Gasteiger charge is -2.39. The Labute approximate surface area is 226 Å². The van der Waals surface area contributed by atoms with Gasteiger partial charge in [-0.05, 0) is 73.0 Å². The second kappa shape index (κ2) is 11.1. The SMILES string of the molecule is C=NC1=C(NCc2cc(C(=C)N3CCC(F)(c4ccc(C#N)cc4)CC3)ccc2C2CCC2)CN(C)CC1. The summed E-state index contributed by atoms with van der Waals surface area (Å²) in [5.41, 5.74) is 6.89. The van der Waals surface area contributed by atoms with E-state index in [-0.39, 0.29) is 0 Å². The van der Waals surface area contributed by atoms with Gasteiger partial charge >= 0.3 is 0 Å². The van der Waals surface area contributed by atoms with Gasteiger partial charge in [0.1, 0.15) is 5.67 Å². The van der Waals surface area contributed by atoms with Gasteiger partial charge in [-0.3, -0.25) is 4.99 Å². The highest BCUT2D eigenvalue weighted by molar-refractivity contribution is 5.63. The molecular formula is C32H38FN5. The van der Waals surface area contributed by atoms with Crippen LogP contribution in [-0.2, 0) is 12.2 Å². The molecule has 198 valence electrons. The zero-order valence-electron chi connectivity index (χ0n) is 22.5. The summed E-state index contributed by atoms with van der Waals surface area (Å²) in [7, 11) is 2.14. The molecule has 2 aromatic carbocycles. The van der Waals surface area contributed by atoms with E-state index in [1.54, 1.807) is 24.3 Å². The Bertz CT molecular complexity index is 1260. The Balaban J connectivity index is 1.30. The largest absolute Gasteiger partial charge is 0.382 e. The number of nitrogens with zero attached hydrogens (tertiary/aromatic N) is 4. The number of nitrogens with one attached hydrogen (secondary N) is 1. The first-order valence-corrected chi connectivity index (χ1v) is 13.8. The van der Waals surface area contributed by atoms with Crippen LogP contribution < -0.4 is 5.32 Å². The number of nitriles is 1. The van der Waals surface area contributed by atoms with Gasteiger partial charge in [0.05, 0.1) is 17.3 Å². The fraction of sp³-hybridized carbons (Fsp3) is 0.438. The molecule has 1 saturated carbocycles. The molecule has 2 heterocycles. The van der Waals surface area contributed by atoms with Crippen LogP contribution in [0.2, 0.25) is 0 Å². The minimum Gasteiger partial charge on any atom is -0.382 e. The van der Waals surface area contributed by atoms with Crippen molar-refractivity contribution in [3.8, 4) is 6.07 Å². The van der Waals surface area contributed by atoms with E-state index in [9.17, 15) is 0 Å². The van der Waals surface area contributed by atoms with Gasteiger partial charge in [-0.1, -0.05) is 37.3 Å². The number of hydrogen-bond donors (Lipinski definition) is 1. The normalized spacial score (nSPS) is 20.0. The van der Waals surface area contributed by atoms with E-state index in [4.69, 9.17) is 5.26 Å². The van der Waals surface area contributed by atoms with Crippen LogP contribution in [-0.4, -0.2) is 49.7 Å². The standard InChI is InChI=1S/C32H38FN5/c1-23(38-17-14-32(33,15-18-38)28-10-7-24(20-34)8-11-28)26-9-12-29(25-5-4-6-25)27(19-26)21-36-31-22-37(3)16-13-30(31)35-2/h7-12,19,25,36H,1-2,4-6,13-18,21-22H2,3H3. The molecule has 0 aromatic heterocycles. The van der Waals surface area contributed by atoms with Gasteiger partial charge in [0.2, 0.25) is 0 Å². The van der Waals surface area contributed by atoms with Crippen LogP contribution in [0.4, 0.5) is 4.39 Å². The van der Waals surface area contributed by atoms with Gasteiger partial charge in [-0.25, -0.2) is 4.39 Å². The van der Waals surface area contributed by atoms with Crippen molar-refractivity contribution < 1.29 is 4.39 Å². The van der Waals surface area contributed by atoms with Gasteiger partial charge in [0, 0.05) is 63.4 Å². The highest BCUT2D eigenvalue weighted by atomic mass is 19.1. The summed E-state index contributed by atoms with van der Waals surface area (Å²) in [4.78, 5) is 8.81. The quantitative estimate of drug-likeness (QED) is 0.436. The molecule has 2 aromatic rings. The van der Waals surface area contributed by atoms with Crippen molar-refractivity contribution in [2.45, 2.75) is 56.7 Å². The zero-order chi connectivity index (χ0) is 26.7. The third kappa shape index (κ3) is 5.39. The lowest BCUT2D eigenvalue weighted by atomic mass is 9.77. The topological polar surface area (TPSA) is 54.7 Å². The second-order valence-electron chi connectivity index (χ2n) is 11.1. The van der Waals surface area contributed by atoms with Crippen LogP contribution in [0.5, 0.6) is 0 Å². The van der Waals surface area contributed by atoms with Crippen molar-refractivity contribution in [1.82, 2.24) is 15.1 Å². The minimum absolute atomic E-state index is 0.408. The van der Waals surface area contributed by atoms with E-state index in [0.29, 0.717) is 43.0 Å². The van der Waals surface area contributed by atoms with E-state index in [1.165, 1.54) is 30.4 Å². The number of hydrogen-bond acceptors (Lipinski definition) is 5. The van der Waals surface area contributed by atoms with Crippen LogP contribution in [0.15, 0.2) is 65.4 Å². The van der Waals surface area contributed by atoms with E-state index in [0.717, 1.165) is 48.7 Å². The summed E-state index contributed by atoms with van der Waals surface area (Å²) >= 11 is 0. The summed E-state index contributed by atoms with van der Waals surface area (Å²) in [5.74, 6) is 0.628. The molecule has 0 spiro atoms. The number of alkyl halides is 1. The number of halogens is 1. The average molecular weight is 512 g/mol. The number of likely N-dealkylation sites (tertiary alicyclic amines) is 1. The molecule has 5 rings (SSSR count). The predicted molar refractivity (Wildman–Crippen MR) is 152 cm³/mol. The Morgan fingerprint density at radius 2 is 1.89 bits per heavy atom. The molecule has 0 unspecified atom stereocenters. The summed E-state index contributed by atoms with van der Waals surface area (Å²) in [6.07, 6.45) is 5.53. The Hall–Kier alpha value is -3.43. The number of rotatable bonds is 8. The molecule has 3 aliphatic rings. The van der Waals surface area contributed by atoms with Gasteiger partial charge in [-0.15, -0.1) is 0 Å². The molecule has 2 fully saturated rings. The van der Waals surface area contributed by atoms with E-state index in [2.05, 4.69) is 64.7 Å². The lowest BCUT2D eigenvalue weighted by molar-refractivity contribution is 0.0794. The molecule has 0 radical (unpaired) electrons. The van der Waals surface area contributed by atoms with Crippen LogP contribution in [0.3, 0.4) is 0 Å².